The van der Waals surface area contributed by atoms with Gasteiger partial charge in [-0.05, 0) is 35.9 Å². The number of carbonyl (C=O) groups excluding carboxylic acids is 1. The number of aromatic nitrogens is 1. The number of amides is 1. The van der Waals surface area contributed by atoms with Gasteiger partial charge >= 0.3 is 0 Å². The minimum atomic E-state index is 0.0296. The molecule has 1 aromatic heterocycles. The highest BCUT2D eigenvalue weighted by atomic mass is 32.2. The van der Waals surface area contributed by atoms with E-state index in [1.165, 1.54) is 5.56 Å². The van der Waals surface area contributed by atoms with Crippen LogP contribution in [0.1, 0.15) is 29.8 Å². The van der Waals surface area contributed by atoms with Gasteiger partial charge in [0.25, 0.3) is 5.91 Å². The zero-order valence-corrected chi connectivity index (χ0v) is 19.8. The summed E-state index contributed by atoms with van der Waals surface area (Å²) in [6.45, 7) is 9.01. The summed E-state index contributed by atoms with van der Waals surface area (Å²) < 4.78 is 6.61. The quantitative estimate of drug-likeness (QED) is 0.450. The molecule has 0 bridgehead atoms. The molecule has 0 atom stereocenters. The number of fused-ring (bicyclic) bond motifs is 1. The Hall–Kier alpha value is -1.93. The van der Waals surface area contributed by atoms with Gasteiger partial charge in [-0.3, -0.25) is 14.6 Å². The molecule has 1 fully saturated rings. The first-order valence-electron chi connectivity index (χ1n) is 10.9. The van der Waals surface area contributed by atoms with Crippen molar-refractivity contribution in [3.05, 3.63) is 53.6 Å². The molecule has 164 valence electrons. The monoisotopic (exact) mass is 455 g/mol. The summed E-state index contributed by atoms with van der Waals surface area (Å²) in [4.78, 5) is 24.0. The SMILES string of the molecule is CCSc1ccccc1C(=O)N(CCN1CCOCC1)c1nc2c(CC)cccc2s1. The third kappa shape index (κ3) is 5.12. The van der Waals surface area contributed by atoms with E-state index in [0.717, 1.165) is 70.8 Å². The van der Waals surface area contributed by atoms with Gasteiger partial charge in [-0.15, -0.1) is 11.8 Å². The summed E-state index contributed by atoms with van der Waals surface area (Å²) in [7, 11) is 0. The van der Waals surface area contributed by atoms with E-state index in [1.54, 1.807) is 23.1 Å². The number of ether oxygens (including phenoxy) is 1. The molecule has 5 nitrogen and oxygen atoms in total. The number of thiazole rings is 1. The third-order valence-electron chi connectivity index (χ3n) is 5.51. The van der Waals surface area contributed by atoms with E-state index in [-0.39, 0.29) is 5.91 Å². The van der Waals surface area contributed by atoms with Crippen molar-refractivity contribution in [3.63, 3.8) is 0 Å². The Morgan fingerprint density at radius 1 is 1.16 bits per heavy atom. The average Bonchev–Trinajstić information content (AvgIpc) is 3.24. The topological polar surface area (TPSA) is 45.7 Å². The highest BCUT2D eigenvalue weighted by Gasteiger charge is 2.25. The second-order valence-electron chi connectivity index (χ2n) is 7.45. The first-order valence-corrected chi connectivity index (χ1v) is 12.7. The summed E-state index contributed by atoms with van der Waals surface area (Å²) in [6.07, 6.45) is 0.929. The molecular formula is C24H29N3O2S2. The molecule has 0 radical (unpaired) electrons. The minimum Gasteiger partial charge on any atom is -0.379 e. The Kier molecular flexibility index (Phi) is 7.61. The van der Waals surface area contributed by atoms with Crippen LogP contribution in [0, 0.1) is 0 Å². The van der Waals surface area contributed by atoms with Crippen molar-refractivity contribution in [2.75, 3.05) is 50.0 Å². The van der Waals surface area contributed by atoms with Crippen molar-refractivity contribution in [2.45, 2.75) is 25.2 Å². The van der Waals surface area contributed by atoms with Gasteiger partial charge in [-0.25, -0.2) is 4.98 Å². The van der Waals surface area contributed by atoms with Crippen LogP contribution in [-0.2, 0) is 11.2 Å². The standard InChI is InChI=1S/C24H29N3O2S2/c1-3-18-8-7-11-21-22(18)25-24(31-21)27(13-12-26-14-16-29-17-15-26)23(28)19-9-5-6-10-20(19)30-4-2/h5-11H,3-4,12-17H2,1-2H3. The molecule has 2 aromatic carbocycles. The molecule has 1 saturated heterocycles. The van der Waals surface area contributed by atoms with Crippen molar-refractivity contribution in [1.29, 1.82) is 0 Å². The van der Waals surface area contributed by atoms with Crippen LogP contribution >= 0.6 is 23.1 Å². The fourth-order valence-electron chi connectivity index (χ4n) is 3.81. The molecule has 0 spiro atoms. The number of carbonyl (C=O) groups is 1. The van der Waals surface area contributed by atoms with E-state index < -0.39 is 0 Å². The molecule has 0 aliphatic carbocycles. The predicted octanol–water partition coefficient (Wildman–Crippen LogP) is 4.95. The molecule has 4 rings (SSSR count). The summed E-state index contributed by atoms with van der Waals surface area (Å²) in [5, 5.41) is 0.783. The van der Waals surface area contributed by atoms with Gasteiger partial charge in [0.1, 0.15) is 0 Å². The lowest BCUT2D eigenvalue weighted by Gasteiger charge is -2.29. The summed E-state index contributed by atoms with van der Waals surface area (Å²) in [6, 6.07) is 14.2. The number of morpholine rings is 1. The Morgan fingerprint density at radius 2 is 1.97 bits per heavy atom. The van der Waals surface area contributed by atoms with E-state index in [4.69, 9.17) is 9.72 Å². The number of nitrogens with zero attached hydrogens (tertiary/aromatic N) is 3. The fraction of sp³-hybridized carbons (Fsp3) is 0.417. The number of anilines is 1. The van der Waals surface area contributed by atoms with E-state index >= 15 is 0 Å². The van der Waals surface area contributed by atoms with Gasteiger partial charge in [0.2, 0.25) is 0 Å². The molecule has 0 unspecified atom stereocenters. The van der Waals surface area contributed by atoms with Crippen molar-refractivity contribution in [1.82, 2.24) is 9.88 Å². The van der Waals surface area contributed by atoms with Gasteiger partial charge in [-0.1, -0.05) is 49.4 Å². The maximum absolute atomic E-state index is 13.8. The number of hydrogen-bond acceptors (Lipinski definition) is 6. The highest BCUT2D eigenvalue weighted by molar-refractivity contribution is 7.99. The van der Waals surface area contributed by atoms with Gasteiger partial charge in [0, 0.05) is 31.1 Å². The van der Waals surface area contributed by atoms with Gasteiger partial charge < -0.3 is 4.74 Å². The molecule has 1 aliphatic rings. The average molecular weight is 456 g/mol. The number of thioether (sulfide) groups is 1. The number of hydrogen-bond donors (Lipinski definition) is 0. The second-order valence-corrected chi connectivity index (χ2v) is 9.77. The van der Waals surface area contributed by atoms with Crippen LogP contribution in [0.4, 0.5) is 5.13 Å². The van der Waals surface area contributed by atoms with E-state index in [1.807, 2.05) is 29.2 Å². The van der Waals surface area contributed by atoms with Crippen LogP contribution in [0.2, 0.25) is 0 Å². The Labute approximate surface area is 192 Å². The van der Waals surface area contributed by atoms with Crippen LogP contribution < -0.4 is 4.90 Å². The molecule has 3 aromatic rings. The van der Waals surface area contributed by atoms with Crippen molar-refractivity contribution >= 4 is 44.4 Å². The van der Waals surface area contributed by atoms with E-state index in [0.29, 0.717) is 6.54 Å². The molecule has 1 amide bonds. The van der Waals surface area contributed by atoms with Crippen molar-refractivity contribution in [3.8, 4) is 0 Å². The molecular weight excluding hydrogens is 426 g/mol. The lowest BCUT2D eigenvalue weighted by atomic mass is 10.1. The van der Waals surface area contributed by atoms with Gasteiger partial charge in [0.15, 0.2) is 5.13 Å². The Balaban J connectivity index is 1.68. The third-order valence-corrected chi connectivity index (χ3v) is 7.51. The second kappa shape index (κ2) is 10.6. The smallest absolute Gasteiger partial charge is 0.261 e. The molecule has 7 heteroatoms. The number of benzene rings is 2. The van der Waals surface area contributed by atoms with Gasteiger partial charge in [-0.2, -0.15) is 0 Å². The molecule has 2 heterocycles. The summed E-state index contributed by atoms with van der Waals surface area (Å²) >= 11 is 3.32. The van der Waals surface area contributed by atoms with E-state index in [9.17, 15) is 4.79 Å². The first-order chi connectivity index (χ1) is 15.2. The Morgan fingerprint density at radius 3 is 2.74 bits per heavy atom. The summed E-state index contributed by atoms with van der Waals surface area (Å²) in [5.74, 6) is 0.959. The lowest BCUT2D eigenvalue weighted by molar-refractivity contribution is 0.0391. The molecule has 31 heavy (non-hydrogen) atoms. The number of para-hydroxylation sites is 1. The molecule has 1 aliphatic heterocycles. The molecule has 0 saturated carbocycles. The lowest BCUT2D eigenvalue weighted by Crippen LogP contribution is -2.43. The van der Waals surface area contributed by atoms with Gasteiger partial charge in [0.05, 0.1) is 29.0 Å². The van der Waals surface area contributed by atoms with Crippen molar-refractivity contribution in [2.24, 2.45) is 0 Å². The minimum absolute atomic E-state index is 0.0296. The van der Waals surface area contributed by atoms with Crippen molar-refractivity contribution < 1.29 is 9.53 Å². The predicted molar refractivity (Wildman–Crippen MR) is 131 cm³/mol. The zero-order valence-electron chi connectivity index (χ0n) is 18.2. The van der Waals surface area contributed by atoms with Crippen LogP contribution in [-0.4, -0.2) is 60.9 Å². The van der Waals surface area contributed by atoms with E-state index in [2.05, 4.69) is 36.9 Å². The molecule has 0 N–H and O–H groups in total. The highest BCUT2D eigenvalue weighted by Crippen LogP contribution is 2.33. The maximum Gasteiger partial charge on any atom is 0.261 e. The maximum atomic E-state index is 13.8. The number of rotatable bonds is 8. The normalized spacial score (nSPS) is 14.8. The first kappa shape index (κ1) is 22.3. The van der Waals surface area contributed by atoms with Crippen LogP contribution in [0.5, 0.6) is 0 Å². The summed E-state index contributed by atoms with van der Waals surface area (Å²) in [5.41, 5.74) is 3.00. The van der Waals surface area contributed by atoms with Crippen LogP contribution in [0.3, 0.4) is 0 Å². The zero-order chi connectivity index (χ0) is 21.6. The fourth-order valence-corrected chi connectivity index (χ4v) is 5.65. The number of aryl methyl sites for hydroxylation is 1. The van der Waals surface area contributed by atoms with Crippen LogP contribution in [0.15, 0.2) is 47.4 Å². The largest absolute Gasteiger partial charge is 0.379 e. The van der Waals surface area contributed by atoms with Crippen LogP contribution in [0.25, 0.3) is 10.2 Å². The Bertz CT molecular complexity index is 1030.